The van der Waals surface area contributed by atoms with Crippen LogP contribution in [0.3, 0.4) is 0 Å². The summed E-state index contributed by atoms with van der Waals surface area (Å²) in [6, 6.07) is 8.14. The van der Waals surface area contributed by atoms with E-state index in [0.29, 0.717) is 0 Å². The summed E-state index contributed by atoms with van der Waals surface area (Å²) < 4.78 is 5.52. The number of rotatable bonds is 4. The second-order valence-electron chi connectivity index (χ2n) is 3.30. The van der Waals surface area contributed by atoms with Crippen LogP contribution in [0.5, 0.6) is 0 Å². The van der Waals surface area contributed by atoms with E-state index in [1.165, 1.54) is 13.2 Å². The standard InChI is InChI=1S/C12H14BrNO2/c1-9(14-7-6-12(15)16-2)10-4-3-5-11(13)8-10/h3-9,14H,1-2H3/b7-6+. The van der Waals surface area contributed by atoms with E-state index in [1.807, 2.05) is 31.2 Å². The van der Waals surface area contributed by atoms with Crippen LogP contribution >= 0.6 is 15.9 Å². The summed E-state index contributed by atoms with van der Waals surface area (Å²) in [5, 5.41) is 3.09. The third-order valence-electron chi connectivity index (χ3n) is 2.12. The van der Waals surface area contributed by atoms with Gasteiger partial charge in [0.1, 0.15) is 0 Å². The van der Waals surface area contributed by atoms with E-state index >= 15 is 0 Å². The summed E-state index contributed by atoms with van der Waals surface area (Å²) in [7, 11) is 1.35. The Morgan fingerprint density at radius 2 is 2.31 bits per heavy atom. The van der Waals surface area contributed by atoms with Gasteiger partial charge in [-0.1, -0.05) is 28.1 Å². The number of benzene rings is 1. The van der Waals surface area contributed by atoms with Gasteiger partial charge in [-0.05, 0) is 24.6 Å². The molecule has 0 aliphatic rings. The summed E-state index contributed by atoms with van der Waals surface area (Å²) in [5.74, 6) is -0.367. The average Bonchev–Trinajstić information content (AvgIpc) is 2.28. The number of carbonyl (C=O) groups is 1. The van der Waals surface area contributed by atoms with Crippen LogP contribution in [0.4, 0.5) is 0 Å². The number of halogens is 1. The molecule has 0 saturated heterocycles. The molecule has 0 fully saturated rings. The zero-order valence-corrected chi connectivity index (χ0v) is 10.8. The third-order valence-corrected chi connectivity index (χ3v) is 2.61. The summed E-state index contributed by atoms with van der Waals surface area (Å²) in [6.45, 7) is 2.02. The van der Waals surface area contributed by atoms with Crippen molar-refractivity contribution in [3.8, 4) is 0 Å². The highest BCUT2D eigenvalue weighted by atomic mass is 79.9. The summed E-state index contributed by atoms with van der Waals surface area (Å²) in [6.07, 6.45) is 2.95. The number of hydrogen-bond donors (Lipinski definition) is 1. The van der Waals surface area contributed by atoms with Gasteiger partial charge in [-0.25, -0.2) is 4.79 Å². The quantitative estimate of drug-likeness (QED) is 0.682. The summed E-state index contributed by atoms with van der Waals surface area (Å²) in [5.41, 5.74) is 1.14. The second kappa shape index (κ2) is 6.33. The zero-order valence-electron chi connectivity index (χ0n) is 9.24. The lowest BCUT2D eigenvalue weighted by atomic mass is 10.1. The molecule has 4 heteroatoms. The van der Waals surface area contributed by atoms with E-state index in [4.69, 9.17) is 0 Å². The van der Waals surface area contributed by atoms with Gasteiger partial charge >= 0.3 is 5.97 Å². The van der Waals surface area contributed by atoms with Crippen molar-refractivity contribution in [2.45, 2.75) is 13.0 Å². The number of carbonyl (C=O) groups excluding carboxylic acids is 1. The SMILES string of the molecule is COC(=O)/C=C/NC(C)c1cccc(Br)c1. The van der Waals surface area contributed by atoms with Crippen LogP contribution in [0.25, 0.3) is 0 Å². The Bertz CT molecular complexity index is 390. The molecule has 0 bridgehead atoms. The number of methoxy groups -OCH3 is 1. The maximum absolute atomic E-state index is 10.8. The molecule has 1 rings (SSSR count). The van der Waals surface area contributed by atoms with Crippen molar-refractivity contribution >= 4 is 21.9 Å². The molecule has 1 aromatic rings. The van der Waals surface area contributed by atoms with E-state index in [1.54, 1.807) is 6.20 Å². The predicted molar refractivity (Wildman–Crippen MR) is 66.8 cm³/mol. The third kappa shape index (κ3) is 4.06. The largest absolute Gasteiger partial charge is 0.466 e. The minimum absolute atomic E-state index is 0.137. The molecule has 3 nitrogen and oxygen atoms in total. The smallest absolute Gasteiger partial charge is 0.331 e. The van der Waals surface area contributed by atoms with E-state index < -0.39 is 0 Å². The maximum Gasteiger partial charge on any atom is 0.331 e. The topological polar surface area (TPSA) is 38.3 Å². The zero-order chi connectivity index (χ0) is 12.0. The summed E-state index contributed by atoms with van der Waals surface area (Å²) in [4.78, 5) is 10.8. The molecule has 1 N–H and O–H groups in total. The molecule has 0 aliphatic carbocycles. The van der Waals surface area contributed by atoms with Crippen molar-refractivity contribution in [1.82, 2.24) is 5.32 Å². The highest BCUT2D eigenvalue weighted by Crippen LogP contribution is 2.17. The van der Waals surface area contributed by atoms with Crippen molar-refractivity contribution in [1.29, 1.82) is 0 Å². The molecule has 0 spiro atoms. The van der Waals surface area contributed by atoms with Gasteiger partial charge in [0.25, 0.3) is 0 Å². The molecule has 1 aromatic carbocycles. The highest BCUT2D eigenvalue weighted by molar-refractivity contribution is 9.10. The fourth-order valence-electron chi connectivity index (χ4n) is 1.20. The Hall–Kier alpha value is -1.29. The van der Waals surface area contributed by atoms with Crippen LogP contribution in [0, 0.1) is 0 Å². The lowest BCUT2D eigenvalue weighted by Gasteiger charge is -2.12. The second-order valence-corrected chi connectivity index (χ2v) is 4.22. The minimum Gasteiger partial charge on any atom is -0.466 e. The molecule has 0 saturated carbocycles. The van der Waals surface area contributed by atoms with Crippen LogP contribution < -0.4 is 5.32 Å². The average molecular weight is 284 g/mol. The maximum atomic E-state index is 10.8. The van der Waals surface area contributed by atoms with Gasteiger partial charge in [0, 0.05) is 22.8 Å². The molecule has 0 amide bonds. The van der Waals surface area contributed by atoms with Gasteiger partial charge in [-0.15, -0.1) is 0 Å². The molecule has 0 aromatic heterocycles. The fourth-order valence-corrected chi connectivity index (χ4v) is 1.62. The lowest BCUT2D eigenvalue weighted by molar-refractivity contribution is -0.134. The Balaban J connectivity index is 2.56. The first-order valence-corrected chi connectivity index (χ1v) is 5.69. The molecule has 1 atom stereocenters. The number of esters is 1. The van der Waals surface area contributed by atoms with Gasteiger partial charge in [0.05, 0.1) is 7.11 Å². The van der Waals surface area contributed by atoms with Crippen LogP contribution in [-0.2, 0) is 9.53 Å². The van der Waals surface area contributed by atoms with Crippen LogP contribution in [-0.4, -0.2) is 13.1 Å². The molecule has 1 unspecified atom stereocenters. The Labute approximate surface area is 104 Å². The Kier molecular flexibility index (Phi) is 5.05. The van der Waals surface area contributed by atoms with Gasteiger partial charge in [-0.3, -0.25) is 0 Å². The van der Waals surface area contributed by atoms with Crippen molar-refractivity contribution in [3.63, 3.8) is 0 Å². The minimum atomic E-state index is -0.367. The predicted octanol–water partition coefficient (Wildman–Crippen LogP) is 2.79. The van der Waals surface area contributed by atoms with Gasteiger partial charge < -0.3 is 10.1 Å². The van der Waals surface area contributed by atoms with Crippen molar-refractivity contribution in [2.75, 3.05) is 7.11 Å². The number of hydrogen-bond acceptors (Lipinski definition) is 3. The Morgan fingerprint density at radius 1 is 1.56 bits per heavy atom. The van der Waals surface area contributed by atoms with Crippen molar-refractivity contribution < 1.29 is 9.53 Å². The monoisotopic (exact) mass is 283 g/mol. The highest BCUT2D eigenvalue weighted by Gasteiger charge is 2.02. The summed E-state index contributed by atoms with van der Waals surface area (Å²) >= 11 is 3.41. The molecule has 0 aliphatic heterocycles. The van der Waals surface area contributed by atoms with Crippen LogP contribution in [0.1, 0.15) is 18.5 Å². The van der Waals surface area contributed by atoms with E-state index in [-0.39, 0.29) is 12.0 Å². The molecular weight excluding hydrogens is 270 g/mol. The molecule has 16 heavy (non-hydrogen) atoms. The fraction of sp³-hybridized carbons (Fsp3) is 0.250. The van der Waals surface area contributed by atoms with E-state index in [0.717, 1.165) is 10.0 Å². The molecule has 0 heterocycles. The number of ether oxygens (including phenoxy) is 1. The molecule has 86 valence electrons. The van der Waals surface area contributed by atoms with Gasteiger partial charge in [0.2, 0.25) is 0 Å². The van der Waals surface area contributed by atoms with E-state index in [2.05, 4.69) is 26.0 Å². The number of nitrogens with one attached hydrogen (secondary N) is 1. The van der Waals surface area contributed by atoms with Gasteiger partial charge in [0.15, 0.2) is 0 Å². The molecule has 0 radical (unpaired) electrons. The van der Waals surface area contributed by atoms with Crippen molar-refractivity contribution in [2.24, 2.45) is 0 Å². The van der Waals surface area contributed by atoms with Crippen LogP contribution in [0.2, 0.25) is 0 Å². The normalized spacial score (nSPS) is 12.4. The van der Waals surface area contributed by atoms with Crippen molar-refractivity contribution in [3.05, 3.63) is 46.6 Å². The van der Waals surface area contributed by atoms with E-state index in [9.17, 15) is 4.79 Å². The first-order valence-electron chi connectivity index (χ1n) is 4.89. The van der Waals surface area contributed by atoms with Gasteiger partial charge in [-0.2, -0.15) is 0 Å². The molecular formula is C12H14BrNO2. The first-order chi connectivity index (χ1) is 7.63. The lowest BCUT2D eigenvalue weighted by Crippen LogP contribution is -2.12. The Morgan fingerprint density at radius 3 is 2.94 bits per heavy atom. The van der Waals surface area contributed by atoms with Crippen LogP contribution in [0.15, 0.2) is 41.0 Å². The first kappa shape index (κ1) is 12.8.